The number of halogens is 1. The van der Waals surface area contributed by atoms with Gasteiger partial charge in [0.1, 0.15) is 0 Å². The second-order valence-electron chi connectivity index (χ2n) is 4.46. The Hall–Kier alpha value is -1.20. The Balaban J connectivity index is 2.29. The van der Waals surface area contributed by atoms with E-state index < -0.39 is 0 Å². The van der Waals surface area contributed by atoms with E-state index in [0.717, 1.165) is 28.8 Å². The van der Waals surface area contributed by atoms with Crippen molar-refractivity contribution < 1.29 is 0 Å². The lowest BCUT2D eigenvalue weighted by atomic mass is 10.1. The summed E-state index contributed by atoms with van der Waals surface area (Å²) in [5, 5.41) is 7.86. The molecule has 0 saturated carbocycles. The molecule has 0 aliphatic rings. The zero-order chi connectivity index (χ0) is 13.8. The largest absolute Gasteiger partial charge is 0.311 e. The number of likely N-dealkylation sites (N-methyl/N-ethyl adjacent to an activating group) is 1. The van der Waals surface area contributed by atoms with Gasteiger partial charge in [-0.2, -0.15) is 5.10 Å². The first-order valence-corrected chi connectivity index (χ1v) is 7.26. The van der Waals surface area contributed by atoms with Crippen LogP contribution in [0.1, 0.15) is 30.0 Å². The van der Waals surface area contributed by atoms with E-state index in [9.17, 15) is 0 Å². The summed E-state index contributed by atoms with van der Waals surface area (Å²) in [5.41, 5.74) is 3.30. The zero-order valence-corrected chi connectivity index (χ0v) is 13.1. The van der Waals surface area contributed by atoms with Crippen molar-refractivity contribution in [3.63, 3.8) is 0 Å². The van der Waals surface area contributed by atoms with Crippen molar-refractivity contribution in [3.8, 4) is 0 Å². The molecule has 0 radical (unpaired) electrons. The van der Waals surface area contributed by atoms with Crippen molar-refractivity contribution in [2.45, 2.75) is 32.9 Å². The average Bonchev–Trinajstić information content (AvgIpc) is 2.72. The van der Waals surface area contributed by atoms with E-state index in [1.54, 1.807) is 0 Å². The van der Waals surface area contributed by atoms with Crippen molar-refractivity contribution in [2.75, 3.05) is 7.05 Å². The number of nitrogens with one attached hydrogen (secondary N) is 1. The topological polar surface area (TPSA) is 42.7 Å². The maximum Gasteiger partial charge on any atom is 0.0738 e. The maximum absolute atomic E-state index is 4.53. The van der Waals surface area contributed by atoms with Crippen LogP contribution in [0.4, 0.5) is 0 Å². The Morgan fingerprint density at radius 2 is 2.21 bits per heavy atom. The summed E-state index contributed by atoms with van der Waals surface area (Å²) in [6.45, 7) is 5.01. The lowest BCUT2D eigenvalue weighted by Crippen LogP contribution is -2.21. The molecule has 0 amide bonds. The molecule has 1 N–H and O–H groups in total. The molecule has 19 heavy (non-hydrogen) atoms. The van der Waals surface area contributed by atoms with Crippen LogP contribution in [-0.4, -0.2) is 21.8 Å². The first-order chi connectivity index (χ1) is 9.17. The first kappa shape index (κ1) is 14.2. The fraction of sp³-hybridized carbons (Fsp3) is 0.429. The molecule has 0 aliphatic carbocycles. The van der Waals surface area contributed by atoms with Crippen molar-refractivity contribution in [1.82, 2.24) is 20.1 Å². The van der Waals surface area contributed by atoms with Gasteiger partial charge in [0.05, 0.1) is 27.6 Å². The molecule has 2 aromatic heterocycles. The predicted octanol–water partition coefficient (Wildman–Crippen LogP) is 2.87. The summed E-state index contributed by atoms with van der Waals surface area (Å²) >= 11 is 3.64. The van der Waals surface area contributed by atoms with Crippen LogP contribution in [0.2, 0.25) is 0 Å². The molecule has 0 fully saturated rings. The molecule has 1 atom stereocenters. The summed E-state index contributed by atoms with van der Waals surface area (Å²) in [7, 11) is 1.97. The normalized spacial score (nSPS) is 12.6. The van der Waals surface area contributed by atoms with Gasteiger partial charge in [-0.25, -0.2) is 0 Å². The van der Waals surface area contributed by atoms with E-state index >= 15 is 0 Å². The van der Waals surface area contributed by atoms with Crippen molar-refractivity contribution in [1.29, 1.82) is 0 Å². The lowest BCUT2D eigenvalue weighted by molar-refractivity contribution is 0.530. The molecule has 0 saturated heterocycles. The van der Waals surface area contributed by atoms with Crippen LogP contribution in [-0.2, 0) is 13.0 Å². The second-order valence-corrected chi connectivity index (χ2v) is 5.25. The van der Waals surface area contributed by atoms with E-state index in [4.69, 9.17) is 0 Å². The maximum atomic E-state index is 4.53. The van der Waals surface area contributed by atoms with Gasteiger partial charge in [0.25, 0.3) is 0 Å². The van der Waals surface area contributed by atoms with Crippen molar-refractivity contribution in [3.05, 3.63) is 46.0 Å². The highest BCUT2D eigenvalue weighted by Gasteiger charge is 2.18. The number of rotatable bonds is 5. The second kappa shape index (κ2) is 6.30. The summed E-state index contributed by atoms with van der Waals surface area (Å²) in [6, 6.07) is 6.20. The van der Waals surface area contributed by atoms with E-state index in [0.29, 0.717) is 0 Å². The van der Waals surface area contributed by atoms with E-state index in [1.165, 1.54) is 5.69 Å². The summed E-state index contributed by atoms with van der Waals surface area (Å²) in [4.78, 5) is 4.43. The summed E-state index contributed by atoms with van der Waals surface area (Å²) in [6.07, 6.45) is 2.69. The van der Waals surface area contributed by atoms with E-state index in [-0.39, 0.29) is 6.04 Å². The Labute approximate surface area is 122 Å². The Bertz CT molecular complexity index is 536. The smallest absolute Gasteiger partial charge is 0.0738 e. The van der Waals surface area contributed by atoms with Crippen molar-refractivity contribution >= 4 is 15.9 Å². The molecule has 2 rings (SSSR count). The van der Waals surface area contributed by atoms with Crippen LogP contribution in [0, 0.1) is 6.92 Å². The van der Waals surface area contributed by atoms with Gasteiger partial charge in [0.15, 0.2) is 0 Å². The number of hydrogen-bond acceptors (Lipinski definition) is 3. The molecule has 5 heteroatoms. The van der Waals surface area contributed by atoms with Gasteiger partial charge in [0.2, 0.25) is 0 Å². The number of aryl methyl sites for hydroxylation is 2. The number of aromatic nitrogens is 3. The molecule has 0 bridgehead atoms. The zero-order valence-electron chi connectivity index (χ0n) is 11.5. The standard InChI is InChI=1S/C14H19BrN4/c1-4-19-13(14(15)10(2)18-19)9-12(16-3)11-7-5-6-8-17-11/h5-8,12,16H,4,9H2,1-3H3. The van der Waals surface area contributed by atoms with Gasteiger partial charge < -0.3 is 5.32 Å². The molecule has 0 spiro atoms. The third-order valence-corrected chi connectivity index (χ3v) is 4.28. The molecule has 0 aliphatic heterocycles. The number of pyridine rings is 1. The number of hydrogen-bond donors (Lipinski definition) is 1. The monoisotopic (exact) mass is 322 g/mol. The predicted molar refractivity (Wildman–Crippen MR) is 80.1 cm³/mol. The third kappa shape index (κ3) is 3.04. The lowest BCUT2D eigenvalue weighted by Gasteiger charge is -2.16. The fourth-order valence-corrected chi connectivity index (χ4v) is 2.64. The highest BCUT2D eigenvalue weighted by Crippen LogP contribution is 2.25. The van der Waals surface area contributed by atoms with Crippen LogP contribution in [0.5, 0.6) is 0 Å². The Kier molecular flexibility index (Phi) is 4.71. The molecule has 2 aromatic rings. The first-order valence-electron chi connectivity index (χ1n) is 6.47. The fourth-order valence-electron chi connectivity index (χ4n) is 2.19. The molecule has 1 unspecified atom stereocenters. The summed E-state index contributed by atoms with van der Waals surface area (Å²) in [5.74, 6) is 0. The van der Waals surface area contributed by atoms with Crippen molar-refractivity contribution in [2.24, 2.45) is 0 Å². The highest BCUT2D eigenvalue weighted by atomic mass is 79.9. The van der Waals surface area contributed by atoms with Gasteiger partial charge in [-0.3, -0.25) is 9.67 Å². The van der Waals surface area contributed by atoms with Crippen LogP contribution >= 0.6 is 15.9 Å². The van der Waals surface area contributed by atoms with Crippen LogP contribution < -0.4 is 5.32 Å². The van der Waals surface area contributed by atoms with Gasteiger partial charge in [0, 0.05) is 19.2 Å². The van der Waals surface area contributed by atoms with Crippen LogP contribution in [0.3, 0.4) is 0 Å². The Morgan fingerprint density at radius 3 is 2.79 bits per heavy atom. The SMILES string of the molecule is CCn1nc(C)c(Br)c1CC(NC)c1ccccn1. The molecule has 0 aromatic carbocycles. The van der Waals surface area contributed by atoms with Gasteiger partial charge in [-0.05, 0) is 49.0 Å². The highest BCUT2D eigenvalue weighted by molar-refractivity contribution is 9.10. The van der Waals surface area contributed by atoms with E-state index in [2.05, 4.69) is 44.3 Å². The molecular weight excluding hydrogens is 304 g/mol. The quantitative estimate of drug-likeness (QED) is 0.920. The van der Waals surface area contributed by atoms with Gasteiger partial charge in [-0.15, -0.1) is 0 Å². The number of nitrogens with zero attached hydrogens (tertiary/aromatic N) is 3. The Morgan fingerprint density at radius 1 is 1.42 bits per heavy atom. The molecule has 4 nitrogen and oxygen atoms in total. The van der Waals surface area contributed by atoms with E-state index in [1.807, 2.05) is 37.0 Å². The molecule has 102 valence electrons. The summed E-state index contributed by atoms with van der Waals surface area (Å²) < 4.78 is 3.15. The van der Waals surface area contributed by atoms with Crippen LogP contribution in [0.15, 0.2) is 28.9 Å². The molecular formula is C14H19BrN4. The van der Waals surface area contributed by atoms with Crippen LogP contribution in [0.25, 0.3) is 0 Å². The van der Waals surface area contributed by atoms with Gasteiger partial charge in [-0.1, -0.05) is 6.07 Å². The minimum Gasteiger partial charge on any atom is -0.311 e. The minimum absolute atomic E-state index is 0.193. The van der Waals surface area contributed by atoms with Gasteiger partial charge >= 0.3 is 0 Å². The minimum atomic E-state index is 0.193. The molecule has 2 heterocycles. The third-order valence-electron chi connectivity index (χ3n) is 3.24. The average molecular weight is 323 g/mol.